The first-order chi connectivity index (χ1) is 13.9. The van der Waals surface area contributed by atoms with Gasteiger partial charge in [-0.05, 0) is 122 Å². The molecule has 0 aromatic heterocycles. The Morgan fingerprint density at radius 3 is 2.13 bits per heavy atom. The number of fused-ring (bicyclic) bond motifs is 7. The Morgan fingerprint density at radius 2 is 1.43 bits per heavy atom. The zero-order valence-electron chi connectivity index (χ0n) is 21.1. The van der Waals surface area contributed by atoms with E-state index in [0.717, 1.165) is 24.2 Å². The fourth-order valence-electron chi connectivity index (χ4n) is 11.5. The van der Waals surface area contributed by atoms with E-state index in [1.165, 1.54) is 64.2 Å². The fourth-order valence-corrected chi connectivity index (χ4v) is 11.5. The van der Waals surface area contributed by atoms with Crippen LogP contribution in [-0.4, -0.2) is 5.78 Å². The van der Waals surface area contributed by atoms with Crippen LogP contribution in [0, 0.1) is 56.7 Å². The maximum atomic E-state index is 12.7. The van der Waals surface area contributed by atoms with Crippen LogP contribution < -0.4 is 0 Å². The van der Waals surface area contributed by atoms with E-state index in [4.69, 9.17) is 0 Å². The Balaban J connectivity index is 1.55. The van der Waals surface area contributed by atoms with Crippen molar-refractivity contribution in [3.63, 3.8) is 0 Å². The second kappa shape index (κ2) is 6.38. The van der Waals surface area contributed by atoms with Crippen molar-refractivity contribution in [3.8, 4) is 0 Å². The summed E-state index contributed by atoms with van der Waals surface area (Å²) in [6, 6.07) is 0. The number of hydrogen-bond donors (Lipinski definition) is 0. The highest BCUT2D eigenvalue weighted by atomic mass is 16.1. The molecule has 5 rings (SSSR count). The first-order valence-electron chi connectivity index (χ1n) is 13.4. The lowest BCUT2D eigenvalue weighted by molar-refractivity contribution is -0.235. The molecule has 1 nitrogen and oxygen atoms in total. The SMILES string of the molecule is CC(=O)C1CCC2(C)CCC3(C)C(CCC4C5(C)CCCC(C)(C)C5CCC43C)C12. The van der Waals surface area contributed by atoms with Gasteiger partial charge in [-0.15, -0.1) is 0 Å². The van der Waals surface area contributed by atoms with Crippen LogP contribution >= 0.6 is 0 Å². The molecule has 0 radical (unpaired) electrons. The van der Waals surface area contributed by atoms with E-state index in [9.17, 15) is 4.79 Å². The molecule has 5 fully saturated rings. The van der Waals surface area contributed by atoms with Crippen LogP contribution in [0.5, 0.6) is 0 Å². The van der Waals surface area contributed by atoms with Crippen molar-refractivity contribution in [1.29, 1.82) is 0 Å². The minimum absolute atomic E-state index is 0.348. The molecule has 170 valence electrons. The third-order valence-corrected chi connectivity index (χ3v) is 13.1. The standard InChI is InChI=1S/C29H48O/c1-19(30)20-11-15-26(4)17-18-28(6)21(24(20)26)9-10-23-27(5)14-8-13-25(2,3)22(27)12-16-29(23,28)7/h20-24H,8-18H2,1-7H3. The van der Waals surface area contributed by atoms with Gasteiger partial charge in [0.1, 0.15) is 5.78 Å². The smallest absolute Gasteiger partial charge is 0.133 e. The summed E-state index contributed by atoms with van der Waals surface area (Å²) in [7, 11) is 0. The number of carbonyl (C=O) groups is 1. The summed E-state index contributed by atoms with van der Waals surface area (Å²) in [5, 5.41) is 0. The minimum atomic E-state index is 0.348. The summed E-state index contributed by atoms with van der Waals surface area (Å²) in [6.45, 7) is 17.7. The molecular weight excluding hydrogens is 364 g/mol. The summed E-state index contributed by atoms with van der Waals surface area (Å²) in [6.07, 6.45) is 15.2. The molecule has 0 saturated heterocycles. The Kier molecular flexibility index (Phi) is 4.57. The van der Waals surface area contributed by atoms with Gasteiger partial charge in [-0.3, -0.25) is 4.79 Å². The van der Waals surface area contributed by atoms with Crippen LogP contribution in [0.3, 0.4) is 0 Å². The molecule has 0 aromatic carbocycles. The molecule has 0 aromatic rings. The molecule has 0 bridgehead atoms. The summed E-state index contributed by atoms with van der Waals surface area (Å²) >= 11 is 0. The zero-order valence-corrected chi connectivity index (χ0v) is 21.1. The number of hydrogen-bond acceptors (Lipinski definition) is 1. The quantitative estimate of drug-likeness (QED) is 0.425. The van der Waals surface area contributed by atoms with Crippen LogP contribution in [0.15, 0.2) is 0 Å². The number of Topliss-reactive ketones (excluding diaryl/α,β-unsaturated/α-hetero) is 1. The lowest BCUT2D eigenvalue weighted by atomic mass is 9.32. The maximum Gasteiger partial charge on any atom is 0.133 e. The molecule has 30 heavy (non-hydrogen) atoms. The van der Waals surface area contributed by atoms with Gasteiger partial charge in [-0.25, -0.2) is 0 Å². The molecule has 0 amide bonds. The number of ketones is 1. The van der Waals surface area contributed by atoms with Gasteiger partial charge in [0, 0.05) is 5.92 Å². The van der Waals surface area contributed by atoms with Crippen molar-refractivity contribution < 1.29 is 4.79 Å². The largest absolute Gasteiger partial charge is 0.300 e. The third-order valence-electron chi connectivity index (χ3n) is 13.1. The first kappa shape index (κ1) is 21.5. The monoisotopic (exact) mass is 412 g/mol. The molecular formula is C29H48O. The van der Waals surface area contributed by atoms with Gasteiger partial charge >= 0.3 is 0 Å². The van der Waals surface area contributed by atoms with Gasteiger partial charge in [0.2, 0.25) is 0 Å². The first-order valence-corrected chi connectivity index (χ1v) is 13.4. The predicted octanol–water partition coefficient (Wildman–Crippen LogP) is 8.07. The normalized spacial score (nSPS) is 57.0. The van der Waals surface area contributed by atoms with Crippen LogP contribution in [0.1, 0.15) is 119 Å². The molecule has 9 atom stereocenters. The molecule has 0 aliphatic heterocycles. The minimum Gasteiger partial charge on any atom is -0.300 e. The fraction of sp³-hybridized carbons (Fsp3) is 0.966. The Morgan fingerprint density at radius 1 is 0.700 bits per heavy atom. The maximum absolute atomic E-state index is 12.7. The van der Waals surface area contributed by atoms with Gasteiger partial charge < -0.3 is 0 Å². The van der Waals surface area contributed by atoms with Gasteiger partial charge in [0.25, 0.3) is 0 Å². The number of carbonyl (C=O) groups excluding carboxylic acids is 1. The molecule has 5 saturated carbocycles. The van der Waals surface area contributed by atoms with Crippen LogP contribution in [-0.2, 0) is 4.79 Å². The lowest BCUT2D eigenvalue weighted by Crippen LogP contribution is -2.65. The van der Waals surface area contributed by atoms with Gasteiger partial charge in [0.15, 0.2) is 0 Å². The topological polar surface area (TPSA) is 17.1 Å². The molecule has 0 N–H and O–H groups in total. The highest BCUT2D eigenvalue weighted by Gasteiger charge is 2.69. The van der Waals surface area contributed by atoms with Gasteiger partial charge in [-0.1, -0.05) is 48.0 Å². The molecule has 9 unspecified atom stereocenters. The highest BCUT2D eigenvalue weighted by Crippen LogP contribution is 2.77. The van der Waals surface area contributed by atoms with Gasteiger partial charge in [-0.2, -0.15) is 0 Å². The summed E-state index contributed by atoms with van der Waals surface area (Å²) in [5.41, 5.74) is 2.35. The third kappa shape index (κ3) is 2.50. The highest BCUT2D eigenvalue weighted by molar-refractivity contribution is 5.79. The van der Waals surface area contributed by atoms with Crippen molar-refractivity contribution in [2.75, 3.05) is 0 Å². The van der Waals surface area contributed by atoms with Crippen LogP contribution in [0.25, 0.3) is 0 Å². The van der Waals surface area contributed by atoms with Crippen molar-refractivity contribution in [1.82, 2.24) is 0 Å². The average Bonchev–Trinajstić information content (AvgIpc) is 2.99. The van der Waals surface area contributed by atoms with Crippen molar-refractivity contribution in [3.05, 3.63) is 0 Å². The van der Waals surface area contributed by atoms with E-state index in [2.05, 4.69) is 41.5 Å². The van der Waals surface area contributed by atoms with E-state index >= 15 is 0 Å². The summed E-state index contributed by atoms with van der Waals surface area (Å²) in [4.78, 5) is 12.7. The van der Waals surface area contributed by atoms with E-state index in [1.54, 1.807) is 0 Å². The van der Waals surface area contributed by atoms with E-state index < -0.39 is 0 Å². The Hall–Kier alpha value is -0.330. The Labute approximate surface area is 186 Å². The summed E-state index contributed by atoms with van der Waals surface area (Å²) in [5.74, 6) is 4.05. The van der Waals surface area contributed by atoms with Gasteiger partial charge in [0.05, 0.1) is 0 Å². The van der Waals surface area contributed by atoms with E-state index in [-0.39, 0.29) is 0 Å². The van der Waals surface area contributed by atoms with Crippen molar-refractivity contribution >= 4 is 5.78 Å². The van der Waals surface area contributed by atoms with E-state index in [0.29, 0.717) is 44.7 Å². The van der Waals surface area contributed by atoms with Crippen LogP contribution in [0.4, 0.5) is 0 Å². The number of rotatable bonds is 1. The summed E-state index contributed by atoms with van der Waals surface area (Å²) < 4.78 is 0. The average molecular weight is 413 g/mol. The Bertz CT molecular complexity index is 737. The molecule has 1 heteroatoms. The zero-order chi connectivity index (χ0) is 21.7. The molecule has 5 aliphatic rings. The molecule has 0 heterocycles. The van der Waals surface area contributed by atoms with Crippen molar-refractivity contribution in [2.45, 2.75) is 119 Å². The molecule has 5 aliphatic carbocycles. The van der Waals surface area contributed by atoms with Crippen LogP contribution in [0.2, 0.25) is 0 Å². The second-order valence-electron chi connectivity index (χ2n) is 14.4. The van der Waals surface area contributed by atoms with Crippen molar-refractivity contribution in [2.24, 2.45) is 56.7 Å². The molecule has 0 spiro atoms. The second-order valence-corrected chi connectivity index (χ2v) is 14.4. The predicted molar refractivity (Wildman–Crippen MR) is 125 cm³/mol. The lowest BCUT2D eigenvalue weighted by Gasteiger charge is -2.72. The van der Waals surface area contributed by atoms with E-state index in [1.807, 2.05) is 6.92 Å².